The normalized spacial score (nSPS) is 14.0. The molecular weight excluding hydrogens is 352 g/mol. The molecule has 27 heavy (non-hydrogen) atoms. The van der Waals surface area contributed by atoms with E-state index in [4.69, 9.17) is 18.6 Å². The lowest BCUT2D eigenvalue weighted by molar-refractivity contribution is 0.0514. The Labute approximate surface area is 157 Å². The van der Waals surface area contributed by atoms with E-state index in [1.807, 2.05) is 0 Å². The maximum Gasteiger partial charge on any atom is 0.289 e. The van der Waals surface area contributed by atoms with E-state index in [2.05, 4.69) is 0 Å². The first kappa shape index (κ1) is 18.6. The quantitative estimate of drug-likeness (QED) is 0.795. The lowest BCUT2D eigenvalue weighted by Gasteiger charge is -2.34. The Morgan fingerprint density at radius 2 is 1.44 bits per heavy atom. The van der Waals surface area contributed by atoms with Gasteiger partial charge in [-0.2, -0.15) is 0 Å². The molecule has 0 aliphatic carbocycles. The molecule has 3 rings (SSSR count). The third kappa shape index (κ3) is 3.69. The van der Waals surface area contributed by atoms with Gasteiger partial charge in [-0.05, 0) is 12.1 Å². The van der Waals surface area contributed by atoms with E-state index in [1.165, 1.54) is 27.6 Å². The smallest absolute Gasteiger partial charge is 0.289 e. The van der Waals surface area contributed by atoms with E-state index in [0.29, 0.717) is 54.8 Å². The van der Waals surface area contributed by atoms with Gasteiger partial charge < -0.3 is 28.4 Å². The Kier molecular flexibility index (Phi) is 5.54. The predicted molar refractivity (Wildman–Crippen MR) is 96.6 cm³/mol. The fraction of sp³-hybridized carbons (Fsp3) is 0.368. The molecular formula is C19H22N2O6. The van der Waals surface area contributed by atoms with Gasteiger partial charge in [-0.25, -0.2) is 0 Å². The van der Waals surface area contributed by atoms with Crippen LogP contribution < -0.4 is 14.2 Å². The van der Waals surface area contributed by atoms with Gasteiger partial charge in [0.1, 0.15) is 22.8 Å². The highest BCUT2D eigenvalue weighted by Gasteiger charge is 2.30. The van der Waals surface area contributed by atoms with E-state index >= 15 is 0 Å². The minimum Gasteiger partial charge on any atom is -0.496 e. The number of piperazine rings is 1. The average molecular weight is 374 g/mol. The topological polar surface area (TPSA) is 81.5 Å². The SMILES string of the molecule is COc1cc(OC)c(C(=O)N2CCN(C(=O)c3ccco3)CC2)c(OC)c1. The van der Waals surface area contributed by atoms with Crippen LogP contribution in [0.15, 0.2) is 34.9 Å². The van der Waals surface area contributed by atoms with Crippen molar-refractivity contribution < 1.29 is 28.2 Å². The molecule has 1 saturated heterocycles. The van der Waals surface area contributed by atoms with E-state index in [-0.39, 0.29) is 11.8 Å². The second kappa shape index (κ2) is 8.03. The minimum absolute atomic E-state index is 0.174. The Hall–Kier alpha value is -3.16. The van der Waals surface area contributed by atoms with Crippen molar-refractivity contribution in [1.29, 1.82) is 0 Å². The number of carbonyl (C=O) groups excluding carboxylic acids is 2. The Morgan fingerprint density at radius 1 is 0.889 bits per heavy atom. The van der Waals surface area contributed by atoms with Crippen LogP contribution in [0.5, 0.6) is 17.2 Å². The van der Waals surface area contributed by atoms with Crippen LogP contribution >= 0.6 is 0 Å². The number of carbonyl (C=O) groups is 2. The van der Waals surface area contributed by atoms with Gasteiger partial charge in [0.05, 0.1) is 27.6 Å². The fourth-order valence-corrected chi connectivity index (χ4v) is 3.04. The van der Waals surface area contributed by atoms with Crippen molar-refractivity contribution in [3.63, 3.8) is 0 Å². The average Bonchev–Trinajstić information content (AvgIpc) is 3.26. The number of nitrogens with zero attached hydrogens (tertiary/aromatic N) is 2. The highest BCUT2D eigenvalue weighted by atomic mass is 16.5. The van der Waals surface area contributed by atoms with Crippen molar-refractivity contribution in [2.45, 2.75) is 0 Å². The number of ether oxygens (including phenoxy) is 3. The lowest BCUT2D eigenvalue weighted by atomic mass is 10.1. The molecule has 2 heterocycles. The highest BCUT2D eigenvalue weighted by Crippen LogP contribution is 2.35. The molecule has 144 valence electrons. The van der Waals surface area contributed by atoms with Gasteiger partial charge in [0.15, 0.2) is 5.76 Å². The molecule has 2 amide bonds. The van der Waals surface area contributed by atoms with Crippen LogP contribution in [0.2, 0.25) is 0 Å². The molecule has 1 fully saturated rings. The number of furan rings is 1. The third-order valence-electron chi connectivity index (χ3n) is 4.51. The number of methoxy groups -OCH3 is 3. The number of rotatable bonds is 5. The van der Waals surface area contributed by atoms with Crippen LogP contribution in [0.4, 0.5) is 0 Å². The van der Waals surface area contributed by atoms with E-state index < -0.39 is 0 Å². The summed E-state index contributed by atoms with van der Waals surface area (Å²) in [6.07, 6.45) is 1.47. The van der Waals surface area contributed by atoms with Crippen molar-refractivity contribution in [3.05, 3.63) is 41.9 Å². The molecule has 0 radical (unpaired) electrons. The number of hydrogen-bond donors (Lipinski definition) is 0. The minimum atomic E-state index is -0.212. The van der Waals surface area contributed by atoms with Gasteiger partial charge in [-0.3, -0.25) is 9.59 Å². The molecule has 0 spiro atoms. The highest BCUT2D eigenvalue weighted by molar-refractivity contribution is 6.00. The molecule has 0 atom stereocenters. The summed E-state index contributed by atoms with van der Waals surface area (Å²) < 4.78 is 21.1. The van der Waals surface area contributed by atoms with Crippen LogP contribution in [0.1, 0.15) is 20.9 Å². The zero-order chi connectivity index (χ0) is 19.4. The standard InChI is InChI=1S/C19H22N2O6/c1-24-13-11-15(25-2)17(16(12-13)26-3)19(23)21-8-6-20(7-9-21)18(22)14-5-4-10-27-14/h4-5,10-12H,6-9H2,1-3H3. The molecule has 8 heteroatoms. The second-order valence-electron chi connectivity index (χ2n) is 5.97. The van der Waals surface area contributed by atoms with Crippen molar-refractivity contribution in [2.24, 2.45) is 0 Å². The van der Waals surface area contributed by atoms with Gasteiger partial charge in [-0.1, -0.05) is 0 Å². The molecule has 8 nitrogen and oxygen atoms in total. The van der Waals surface area contributed by atoms with Crippen molar-refractivity contribution >= 4 is 11.8 Å². The third-order valence-corrected chi connectivity index (χ3v) is 4.51. The second-order valence-corrected chi connectivity index (χ2v) is 5.97. The zero-order valence-electron chi connectivity index (χ0n) is 15.6. The van der Waals surface area contributed by atoms with Crippen molar-refractivity contribution in [2.75, 3.05) is 47.5 Å². The number of benzene rings is 1. The molecule has 1 aliphatic heterocycles. The molecule has 1 aromatic heterocycles. The van der Waals surface area contributed by atoms with Gasteiger partial charge in [0, 0.05) is 38.3 Å². The van der Waals surface area contributed by atoms with Gasteiger partial charge in [0.2, 0.25) is 0 Å². The number of hydrogen-bond acceptors (Lipinski definition) is 6. The summed E-state index contributed by atoms with van der Waals surface area (Å²) in [7, 11) is 4.51. The zero-order valence-corrected chi connectivity index (χ0v) is 15.6. The Balaban J connectivity index is 1.75. The van der Waals surface area contributed by atoms with Gasteiger partial charge in [-0.15, -0.1) is 0 Å². The van der Waals surface area contributed by atoms with E-state index in [0.717, 1.165) is 0 Å². The molecule has 0 unspecified atom stereocenters. The summed E-state index contributed by atoms with van der Waals surface area (Å²) in [5.74, 6) is 1.21. The largest absolute Gasteiger partial charge is 0.496 e. The lowest BCUT2D eigenvalue weighted by Crippen LogP contribution is -2.50. The summed E-state index contributed by atoms with van der Waals surface area (Å²) >= 11 is 0. The molecule has 0 N–H and O–H groups in total. The summed E-state index contributed by atoms with van der Waals surface area (Å²) in [5, 5.41) is 0. The molecule has 0 saturated carbocycles. The summed E-state index contributed by atoms with van der Waals surface area (Å²) in [6, 6.07) is 6.60. The van der Waals surface area contributed by atoms with Crippen molar-refractivity contribution in [3.8, 4) is 17.2 Å². The maximum absolute atomic E-state index is 13.1. The first-order valence-electron chi connectivity index (χ1n) is 8.51. The fourth-order valence-electron chi connectivity index (χ4n) is 3.04. The first-order valence-corrected chi connectivity index (χ1v) is 8.51. The van der Waals surface area contributed by atoms with Crippen LogP contribution in [0, 0.1) is 0 Å². The van der Waals surface area contributed by atoms with E-state index in [9.17, 15) is 9.59 Å². The van der Waals surface area contributed by atoms with E-state index in [1.54, 1.807) is 34.1 Å². The summed E-state index contributed by atoms with van der Waals surface area (Å²) in [5.41, 5.74) is 0.339. The monoisotopic (exact) mass is 374 g/mol. The molecule has 1 aliphatic rings. The van der Waals surface area contributed by atoms with Gasteiger partial charge >= 0.3 is 0 Å². The molecule has 0 bridgehead atoms. The Morgan fingerprint density at radius 3 is 1.89 bits per heavy atom. The van der Waals surface area contributed by atoms with Crippen LogP contribution in [0.25, 0.3) is 0 Å². The van der Waals surface area contributed by atoms with Gasteiger partial charge in [0.25, 0.3) is 11.8 Å². The van der Waals surface area contributed by atoms with Crippen molar-refractivity contribution in [1.82, 2.24) is 9.80 Å². The Bertz CT molecular complexity index is 785. The number of amides is 2. The van der Waals surface area contributed by atoms with Crippen LogP contribution in [-0.2, 0) is 0 Å². The predicted octanol–water partition coefficient (Wildman–Crippen LogP) is 1.90. The maximum atomic E-state index is 13.1. The van der Waals surface area contributed by atoms with Crippen LogP contribution in [-0.4, -0.2) is 69.1 Å². The molecule has 2 aromatic rings. The van der Waals surface area contributed by atoms with Crippen LogP contribution in [0.3, 0.4) is 0 Å². The first-order chi connectivity index (χ1) is 13.1. The summed E-state index contributed by atoms with van der Waals surface area (Å²) in [6.45, 7) is 1.66. The summed E-state index contributed by atoms with van der Waals surface area (Å²) in [4.78, 5) is 28.8. The molecule has 1 aromatic carbocycles.